The van der Waals surface area contributed by atoms with Crippen LogP contribution in [-0.2, 0) is 4.74 Å². The van der Waals surface area contributed by atoms with Crippen LogP contribution in [0.4, 0.5) is 0 Å². The molecular weight excluding hydrogens is 202 g/mol. The standard InChI is InChI=1S/C13H21NO2/c1-10-3-4-13(16-10)11(2)14-9-12-5-7-15-8-6-12/h3-4,11-12,14H,5-9H2,1-2H3. The number of aryl methyl sites for hydroxylation is 1. The maximum Gasteiger partial charge on any atom is 0.120 e. The Kier molecular flexibility index (Phi) is 4.02. The van der Waals surface area contributed by atoms with Crippen LogP contribution in [0, 0.1) is 12.8 Å². The third-order valence-corrected chi connectivity index (χ3v) is 3.24. The van der Waals surface area contributed by atoms with E-state index in [-0.39, 0.29) is 0 Å². The van der Waals surface area contributed by atoms with Gasteiger partial charge in [0.05, 0.1) is 6.04 Å². The van der Waals surface area contributed by atoms with Crippen LogP contribution >= 0.6 is 0 Å². The average Bonchev–Trinajstić information content (AvgIpc) is 2.74. The van der Waals surface area contributed by atoms with Gasteiger partial charge in [-0.25, -0.2) is 0 Å². The first-order valence-corrected chi connectivity index (χ1v) is 6.13. The van der Waals surface area contributed by atoms with Crippen LogP contribution in [0.5, 0.6) is 0 Å². The molecule has 1 aromatic rings. The molecule has 2 rings (SSSR count). The SMILES string of the molecule is Cc1ccc(C(C)NCC2CCOCC2)o1. The number of nitrogens with one attached hydrogen (secondary N) is 1. The van der Waals surface area contributed by atoms with E-state index in [9.17, 15) is 0 Å². The maximum absolute atomic E-state index is 5.60. The van der Waals surface area contributed by atoms with E-state index in [4.69, 9.17) is 9.15 Å². The number of furan rings is 1. The molecule has 1 aromatic heterocycles. The van der Waals surface area contributed by atoms with Crippen molar-refractivity contribution >= 4 is 0 Å². The van der Waals surface area contributed by atoms with E-state index in [1.54, 1.807) is 0 Å². The van der Waals surface area contributed by atoms with Crippen molar-refractivity contribution in [3.63, 3.8) is 0 Å². The molecule has 0 aliphatic carbocycles. The lowest BCUT2D eigenvalue weighted by molar-refractivity contribution is 0.0654. The molecule has 3 heteroatoms. The summed E-state index contributed by atoms with van der Waals surface area (Å²) in [7, 11) is 0. The molecule has 1 aliphatic rings. The molecule has 1 aliphatic heterocycles. The molecule has 1 fully saturated rings. The third-order valence-electron chi connectivity index (χ3n) is 3.24. The Bertz CT molecular complexity index is 315. The van der Waals surface area contributed by atoms with Crippen molar-refractivity contribution in [2.45, 2.75) is 32.7 Å². The lowest BCUT2D eigenvalue weighted by atomic mass is 10.00. The van der Waals surface area contributed by atoms with Crippen LogP contribution in [0.15, 0.2) is 16.5 Å². The summed E-state index contributed by atoms with van der Waals surface area (Å²) in [6.45, 7) is 7.03. The highest BCUT2D eigenvalue weighted by molar-refractivity contribution is 5.08. The summed E-state index contributed by atoms with van der Waals surface area (Å²) < 4.78 is 10.9. The van der Waals surface area contributed by atoms with Gasteiger partial charge in [-0.3, -0.25) is 0 Å². The van der Waals surface area contributed by atoms with Crippen molar-refractivity contribution in [1.29, 1.82) is 0 Å². The van der Waals surface area contributed by atoms with E-state index in [1.165, 1.54) is 12.8 Å². The highest BCUT2D eigenvalue weighted by atomic mass is 16.5. The van der Waals surface area contributed by atoms with Crippen molar-refractivity contribution in [2.75, 3.05) is 19.8 Å². The second kappa shape index (κ2) is 5.51. The van der Waals surface area contributed by atoms with Gasteiger partial charge in [0.25, 0.3) is 0 Å². The highest BCUT2D eigenvalue weighted by Crippen LogP contribution is 2.18. The summed E-state index contributed by atoms with van der Waals surface area (Å²) in [4.78, 5) is 0. The van der Waals surface area contributed by atoms with Crippen molar-refractivity contribution in [3.8, 4) is 0 Å². The number of ether oxygens (including phenoxy) is 1. The molecule has 0 spiro atoms. The Morgan fingerprint density at radius 2 is 2.12 bits per heavy atom. The topological polar surface area (TPSA) is 34.4 Å². The van der Waals surface area contributed by atoms with E-state index in [1.807, 2.05) is 13.0 Å². The monoisotopic (exact) mass is 223 g/mol. The first-order valence-electron chi connectivity index (χ1n) is 6.13. The van der Waals surface area contributed by atoms with E-state index in [0.29, 0.717) is 6.04 Å². The summed E-state index contributed by atoms with van der Waals surface area (Å²) in [6.07, 6.45) is 2.35. The fourth-order valence-electron chi connectivity index (χ4n) is 2.08. The van der Waals surface area contributed by atoms with E-state index in [0.717, 1.165) is 37.2 Å². The molecule has 0 amide bonds. The lowest BCUT2D eigenvalue weighted by Gasteiger charge is -2.23. The Hall–Kier alpha value is -0.800. The van der Waals surface area contributed by atoms with Gasteiger partial charge in [0.15, 0.2) is 0 Å². The molecule has 0 bridgehead atoms. The van der Waals surface area contributed by atoms with Gasteiger partial charge >= 0.3 is 0 Å². The van der Waals surface area contributed by atoms with Gasteiger partial charge in [-0.05, 0) is 51.3 Å². The number of hydrogen-bond donors (Lipinski definition) is 1. The molecule has 90 valence electrons. The molecular formula is C13H21NO2. The first-order chi connectivity index (χ1) is 7.75. The van der Waals surface area contributed by atoms with Gasteiger partial charge in [-0.2, -0.15) is 0 Å². The van der Waals surface area contributed by atoms with Crippen LogP contribution < -0.4 is 5.32 Å². The highest BCUT2D eigenvalue weighted by Gasteiger charge is 2.15. The normalized spacial score (nSPS) is 19.9. The largest absolute Gasteiger partial charge is 0.465 e. The summed E-state index contributed by atoms with van der Waals surface area (Å²) in [5, 5.41) is 3.53. The van der Waals surface area contributed by atoms with E-state index >= 15 is 0 Å². The second-order valence-electron chi connectivity index (χ2n) is 4.63. The summed E-state index contributed by atoms with van der Waals surface area (Å²) in [5.74, 6) is 2.77. The van der Waals surface area contributed by atoms with Crippen molar-refractivity contribution in [2.24, 2.45) is 5.92 Å². The first kappa shape index (κ1) is 11.7. The molecule has 3 nitrogen and oxygen atoms in total. The lowest BCUT2D eigenvalue weighted by Crippen LogP contribution is -2.29. The number of hydrogen-bond acceptors (Lipinski definition) is 3. The van der Waals surface area contributed by atoms with E-state index < -0.39 is 0 Å². The summed E-state index contributed by atoms with van der Waals surface area (Å²) in [5.41, 5.74) is 0. The van der Waals surface area contributed by atoms with Crippen molar-refractivity contribution in [1.82, 2.24) is 5.32 Å². The van der Waals surface area contributed by atoms with Gasteiger partial charge in [0.2, 0.25) is 0 Å². The van der Waals surface area contributed by atoms with Crippen LogP contribution in [-0.4, -0.2) is 19.8 Å². The molecule has 1 atom stereocenters. The zero-order valence-corrected chi connectivity index (χ0v) is 10.2. The smallest absolute Gasteiger partial charge is 0.120 e. The van der Waals surface area contributed by atoms with Crippen LogP contribution in [0.2, 0.25) is 0 Å². The van der Waals surface area contributed by atoms with Crippen LogP contribution in [0.25, 0.3) is 0 Å². The minimum absolute atomic E-state index is 0.302. The summed E-state index contributed by atoms with van der Waals surface area (Å²) in [6, 6.07) is 4.37. The van der Waals surface area contributed by atoms with Gasteiger partial charge in [-0.1, -0.05) is 0 Å². The Balaban J connectivity index is 1.76. The Labute approximate surface area is 97.2 Å². The minimum Gasteiger partial charge on any atom is -0.465 e. The quantitative estimate of drug-likeness (QED) is 0.852. The molecule has 1 N–H and O–H groups in total. The maximum atomic E-state index is 5.60. The molecule has 1 saturated heterocycles. The predicted octanol–water partition coefficient (Wildman–Crippen LogP) is 2.67. The molecule has 1 unspecified atom stereocenters. The van der Waals surface area contributed by atoms with Crippen LogP contribution in [0.3, 0.4) is 0 Å². The fourth-order valence-corrected chi connectivity index (χ4v) is 2.08. The van der Waals surface area contributed by atoms with E-state index in [2.05, 4.69) is 18.3 Å². The molecule has 0 aromatic carbocycles. The van der Waals surface area contributed by atoms with Gasteiger partial charge in [0, 0.05) is 13.2 Å². The molecule has 0 radical (unpaired) electrons. The van der Waals surface area contributed by atoms with Gasteiger partial charge < -0.3 is 14.5 Å². The minimum atomic E-state index is 0.302. The molecule has 0 saturated carbocycles. The van der Waals surface area contributed by atoms with Crippen molar-refractivity contribution < 1.29 is 9.15 Å². The predicted molar refractivity (Wildman–Crippen MR) is 63.4 cm³/mol. The number of rotatable bonds is 4. The Morgan fingerprint density at radius 1 is 1.38 bits per heavy atom. The Morgan fingerprint density at radius 3 is 2.75 bits per heavy atom. The van der Waals surface area contributed by atoms with Gasteiger partial charge in [0.1, 0.15) is 11.5 Å². The third kappa shape index (κ3) is 3.09. The average molecular weight is 223 g/mol. The zero-order chi connectivity index (χ0) is 11.4. The fraction of sp³-hybridized carbons (Fsp3) is 0.692. The van der Waals surface area contributed by atoms with Gasteiger partial charge in [-0.15, -0.1) is 0 Å². The van der Waals surface area contributed by atoms with Crippen molar-refractivity contribution in [3.05, 3.63) is 23.7 Å². The zero-order valence-electron chi connectivity index (χ0n) is 10.2. The molecule has 16 heavy (non-hydrogen) atoms. The molecule has 2 heterocycles. The summed E-state index contributed by atoms with van der Waals surface area (Å²) >= 11 is 0. The van der Waals surface area contributed by atoms with Crippen LogP contribution in [0.1, 0.15) is 37.3 Å². The second-order valence-corrected chi connectivity index (χ2v) is 4.63.